The fraction of sp³-hybridized carbons (Fsp3) is 0. The number of phenols is 2. The van der Waals surface area contributed by atoms with E-state index in [4.69, 9.17) is 28.6 Å². The number of benzene rings is 1. The zero-order valence-electron chi connectivity index (χ0n) is 11.4. The van der Waals surface area contributed by atoms with Crippen LogP contribution >= 0.6 is 0 Å². The quantitative estimate of drug-likeness (QED) is 0.0802. The molecule has 0 saturated carbocycles. The molecular weight excluding hydrogens is 338 g/mol. The van der Waals surface area contributed by atoms with Crippen LogP contribution in [0.1, 0.15) is 0 Å². The molecule has 0 radical (unpaired) electrons. The zero-order valence-corrected chi connectivity index (χ0v) is 11.4. The second-order valence-corrected chi connectivity index (χ2v) is 3.72. The summed E-state index contributed by atoms with van der Waals surface area (Å²) in [5.41, 5.74) is 4.17. The van der Waals surface area contributed by atoms with Crippen molar-refractivity contribution in [2.24, 2.45) is 17.4 Å². The molecule has 0 amide bonds. The predicted octanol–water partition coefficient (Wildman–Crippen LogP) is -1.67. The molecule has 1 aromatic rings. The number of nitrogens with two attached hydrogens (primary N) is 4. The molecule has 0 aromatic heterocycles. The van der Waals surface area contributed by atoms with Gasteiger partial charge in [0.25, 0.3) is 11.5 Å². The molecule has 0 aliphatic heterocycles. The average molecular weight is 349 g/mol. The second kappa shape index (κ2) is 7.33. The van der Waals surface area contributed by atoms with E-state index >= 15 is 0 Å². The first kappa shape index (κ1) is 20.0. The first-order valence-electron chi connectivity index (χ1n) is 5.28. The molecule has 0 spiro atoms. The summed E-state index contributed by atoms with van der Waals surface area (Å²) in [4.78, 5) is 27.5. The molecule has 1 rings (SSSR count). The molecular formula is C7H11N9O8. The third-order valence-electron chi connectivity index (χ3n) is 2.23. The summed E-state index contributed by atoms with van der Waals surface area (Å²) in [6.07, 6.45) is 0. The van der Waals surface area contributed by atoms with Crippen molar-refractivity contribution in [3.63, 3.8) is 0 Å². The summed E-state index contributed by atoms with van der Waals surface area (Å²) in [7, 11) is 0. The molecule has 0 fully saturated rings. The number of anilines is 1. The highest BCUT2D eigenvalue weighted by molar-refractivity contribution is 5.87. The van der Waals surface area contributed by atoms with Gasteiger partial charge in [-0.2, -0.15) is 0 Å². The maximum Gasteiger partial charge on any atom is 0.366 e. The Bertz CT molecular complexity index is 614. The minimum Gasteiger partial charge on any atom is -0.497 e. The molecule has 0 bridgehead atoms. The summed E-state index contributed by atoms with van der Waals surface area (Å²) in [5, 5.41) is 57.0. The van der Waals surface area contributed by atoms with E-state index in [2.05, 4.69) is 0 Å². The smallest absolute Gasteiger partial charge is 0.366 e. The monoisotopic (exact) mass is 349 g/mol. The summed E-state index contributed by atoms with van der Waals surface area (Å²) < 4.78 is 0. The normalized spacial score (nSPS) is 9.42. The number of nitro benzene ring substituents is 3. The van der Waals surface area contributed by atoms with Gasteiger partial charge in [0.2, 0.25) is 5.96 Å². The number of nitrogens with one attached hydrogen (secondary N) is 1. The molecule has 17 nitrogen and oxygen atoms in total. The molecule has 0 aliphatic carbocycles. The number of hydrogen-bond acceptors (Lipinski definition) is 12. The Morgan fingerprint density at radius 1 is 0.917 bits per heavy atom. The van der Waals surface area contributed by atoms with E-state index in [0.29, 0.717) is 5.12 Å². The number of nitrogen functional groups attached to an aromatic ring is 1. The van der Waals surface area contributed by atoms with E-state index in [1.165, 1.54) is 0 Å². The lowest BCUT2D eigenvalue weighted by molar-refractivity contribution is -0.404. The third-order valence-corrected chi connectivity index (χ3v) is 2.23. The van der Waals surface area contributed by atoms with Gasteiger partial charge in [0.15, 0.2) is 5.69 Å². The van der Waals surface area contributed by atoms with Crippen LogP contribution in [0.2, 0.25) is 0 Å². The van der Waals surface area contributed by atoms with Gasteiger partial charge in [0, 0.05) is 0 Å². The number of nitrogens with zero attached hydrogens (tertiary/aromatic N) is 4. The van der Waals surface area contributed by atoms with E-state index in [9.17, 15) is 40.6 Å². The van der Waals surface area contributed by atoms with Crippen molar-refractivity contribution < 1.29 is 25.0 Å². The van der Waals surface area contributed by atoms with E-state index in [-0.39, 0.29) is 5.96 Å². The highest BCUT2D eigenvalue weighted by atomic mass is 16.6. The van der Waals surface area contributed by atoms with Crippen LogP contribution in [-0.2, 0) is 0 Å². The van der Waals surface area contributed by atoms with Gasteiger partial charge >= 0.3 is 17.1 Å². The summed E-state index contributed by atoms with van der Waals surface area (Å²) in [5.74, 6) is 5.94. The van der Waals surface area contributed by atoms with Gasteiger partial charge in [-0.3, -0.25) is 35.8 Å². The largest absolute Gasteiger partial charge is 0.497 e. The minimum atomic E-state index is -1.55. The van der Waals surface area contributed by atoms with Gasteiger partial charge in [-0.15, -0.1) is 0 Å². The molecule has 0 atom stereocenters. The maximum atomic E-state index is 10.5. The molecule has 0 heterocycles. The van der Waals surface area contributed by atoms with Crippen molar-refractivity contribution in [2.75, 3.05) is 5.73 Å². The lowest BCUT2D eigenvalue weighted by Crippen LogP contribution is -2.47. The van der Waals surface area contributed by atoms with Crippen LogP contribution in [0.15, 0.2) is 0 Å². The van der Waals surface area contributed by atoms with Gasteiger partial charge in [-0.25, -0.2) is 16.8 Å². The molecule has 0 saturated heterocycles. The lowest BCUT2D eigenvalue weighted by Gasteiger charge is -2.04. The van der Waals surface area contributed by atoms with Crippen molar-refractivity contribution in [1.29, 1.82) is 5.41 Å². The van der Waals surface area contributed by atoms with Gasteiger partial charge < -0.3 is 21.7 Å². The number of phenolic OH excluding ortho intramolecular Hbond substituents is 2. The number of guanidine groups is 1. The van der Waals surface area contributed by atoms with Gasteiger partial charge in [-0.05, 0) is 0 Å². The van der Waals surface area contributed by atoms with Gasteiger partial charge in [-0.1, -0.05) is 0 Å². The maximum absolute atomic E-state index is 10.5. The van der Waals surface area contributed by atoms with E-state index in [1.807, 2.05) is 0 Å². The molecule has 24 heavy (non-hydrogen) atoms. The topological polar surface area (TPSA) is 301 Å². The Kier molecular flexibility index (Phi) is 6.11. The van der Waals surface area contributed by atoms with E-state index in [0.717, 1.165) is 0 Å². The molecule has 132 valence electrons. The highest BCUT2D eigenvalue weighted by Crippen LogP contribution is 2.52. The number of hydrazine groups is 2. The van der Waals surface area contributed by atoms with Crippen LogP contribution < -0.4 is 23.2 Å². The Morgan fingerprint density at radius 3 is 1.33 bits per heavy atom. The molecule has 17 heteroatoms. The van der Waals surface area contributed by atoms with Crippen molar-refractivity contribution in [2.45, 2.75) is 0 Å². The zero-order chi connectivity index (χ0) is 19.4. The molecule has 11 N–H and O–H groups in total. The Morgan fingerprint density at radius 2 is 1.17 bits per heavy atom. The van der Waals surface area contributed by atoms with Crippen molar-refractivity contribution in [3.05, 3.63) is 30.3 Å². The summed E-state index contributed by atoms with van der Waals surface area (Å²) >= 11 is 0. The van der Waals surface area contributed by atoms with E-state index < -0.39 is 49.0 Å². The number of hydrogen-bond donors (Lipinski definition) is 7. The fourth-order valence-corrected chi connectivity index (χ4v) is 1.25. The molecule has 0 unspecified atom stereocenters. The highest BCUT2D eigenvalue weighted by Gasteiger charge is 2.41. The standard InChI is InChI=1S/C6H4N4O8.CH7N5/c7-1-2(8(13)14)5(11)4(10(17)18)6(12)3(1)9(15)16;2-1(3)6(4)5/h11-12H,7H2;4-5H2,(H3,2,3). The first-order valence-corrected chi connectivity index (χ1v) is 5.28. The van der Waals surface area contributed by atoms with Gasteiger partial charge in [0.1, 0.15) is 0 Å². The van der Waals surface area contributed by atoms with Crippen LogP contribution in [0.4, 0.5) is 22.7 Å². The van der Waals surface area contributed by atoms with Crippen LogP contribution in [0.5, 0.6) is 11.5 Å². The fourth-order valence-electron chi connectivity index (χ4n) is 1.25. The second-order valence-electron chi connectivity index (χ2n) is 3.72. The number of rotatable bonds is 3. The molecule has 0 aliphatic rings. The Hall–Kier alpha value is -3.99. The van der Waals surface area contributed by atoms with Crippen molar-refractivity contribution >= 4 is 28.7 Å². The SMILES string of the molecule is N=C(N)N(N)N.Nc1c([N+](=O)[O-])c(O)c([N+](=O)[O-])c(O)c1[N+](=O)[O-]. The van der Waals surface area contributed by atoms with Crippen LogP contribution in [0.3, 0.4) is 0 Å². The van der Waals surface area contributed by atoms with Gasteiger partial charge in [0.05, 0.1) is 14.8 Å². The summed E-state index contributed by atoms with van der Waals surface area (Å²) in [6.45, 7) is 0. The summed E-state index contributed by atoms with van der Waals surface area (Å²) in [6, 6.07) is 0. The number of aromatic hydroxyl groups is 2. The minimum absolute atomic E-state index is 0.352. The van der Waals surface area contributed by atoms with E-state index in [1.54, 1.807) is 0 Å². The predicted molar refractivity (Wildman–Crippen MR) is 76.3 cm³/mol. The van der Waals surface area contributed by atoms with Crippen LogP contribution in [0.25, 0.3) is 0 Å². The van der Waals surface area contributed by atoms with Crippen molar-refractivity contribution in [1.82, 2.24) is 5.12 Å². The molecule has 1 aromatic carbocycles. The first-order chi connectivity index (χ1) is 10.8. The Labute approximate surface area is 130 Å². The third kappa shape index (κ3) is 4.02. The Balaban J connectivity index is 0.000000754. The van der Waals surface area contributed by atoms with Crippen LogP contribution in [0, 0.1) is 35.8 Å². The number of nitro groups is 3. The lowest BCUT2D eigenvalue weighted by atomic mass is 10.1. The average Bonchev–Trinajstić information content (AvgIpc) is 2.36. The van der Waals surface area contributed by atoms with Crippen molar-refractivity contribution in [3.8, 4) is 11.5 Å². The van der Waals surface area contributed by atoms with Crippen LogP contribution in [-0.4, -0.2) is 36.1 Å².